The molecule has 0 amide bonds. The molecule has 17 heteroatoms. The summed E-state index contributed by atoms with van der Waals surface area (Å²) in [6, 6.07) is 25.9. The summed E-state index contributed by atoms with van der Waals surface area (Å²) < 4.78 is 45.0. The lowest BCUT2D eigenvalue weighted by molar-refractivity contribution is -0.344. The van der Waals surface area contributed by atoms with Crippen LogP contribution in [0.4, 0.5) is 0 Å². The van der Waals surface area contributed by atoms with Crippen molar-refractivity contribution in [3.8, 4) is 0 Å². The molecular weight excluding hydrogens is 726 g/mol. The Hall–Kier alpha value is -3.59. The highest BCUT2D eigenvalue weighted by atomic mass is 16.7. The number of hydrogen-bond acceptors (Lipinski definition) is 15. The maximum Gasteiger partial charge on any atom is 0.187 e. The summed E-state index contributed by atoms with van der Waals surface area (Å²) >= 11 is 0. The Kier molecular flexibility index (Phi) is 15.2. The normalized spacial score (nSPS) is 36.1. The lowest BCUT2D eigenvalue weighted by Gasteiger charge is -2.49. The fourth-order valence-electron chi connectivity index (χ4n) is 7.34. The summed E-state index contributed by atoms with van der Waals surface area (Å²) in [5, 5.41) is 36.7. The first-order valence-electron chi connectivity index (χ1n) is 18.8. The van der Waals surface area contributed by atoms with Gasteiger partial charge in [0.25, 0.3) is 0 Å². The Morgan fingerprint density at radius 2 is 1.07 bits per heavy atom. The number of rotatable bonds is 16. The van der Waals surface area contributed by atoms with Gasteiger partial charge < -0.3 is 71.4 Å². The van der Waals surface area contributed by atoms with E-state index in [0.717, 1.165) is 16.7 Å². The van der Waals surface area contributed by atoms with Crippen molar-refractivity contribution in [2.75, 3.05) is 13.1 Å². The third-order valence-electron chi connectivity index (χ3n) is 10.4. The molecule has 3 aromatic rings. The van der Waals surface area contributed by atoms with E-state index >= 15 is 0 Å². The Bertz CT molecular complexity index is 1660. The van der Waals surface area contributed by atoms with Crippen LogP contribution in [0.3, 0.4) is 0 Å². The quantitative estimate of drug-likeness (QED) is 0.0599. The molecule has 11 N–H and O–H groups in total. The molecule has 3 aromatic carbocycles. The smallest absolute Gasteiger partial charge is 0.187 e. The Morgan fingerprint density at radius 1 is 0.607 bits per heavy atom. The highest BCUT2D eigenvalue weighted by molar-refractivity contribution is 5.16. The number of nitrogens with two attached hydrogens (primary N) is 4. The van der Waals surface area contributed by atoms with E-state index in [4.69, 9.17) is 56.1 Å². The third kappa shape index (κ3) is 10.3. The van der Waals surface area contributed by atoms with Crippen molar-refractivity contribution in [3.05, 3.63) is 118 Å². The summed E-state index contributed by atoms with van der Waals surface area (Å²) in [5.74, 6) is 0. The zero-order valence-electron chi connectivity index (χ0n) is 30.9. The molecule has 3 aliphatic rings. The molecule has 0 aromatic heterocycles. The van der Waals surface area contributed by atoms with Gasteiger partial charge in [-0.2, -0.15) is 0 Å². The second-order valence-corrected chi connectivity index (χ2v) is 14.3. The minimum Gasteiger partial charge on any atom is -0.388 e. The standard InChI is InChI=1S/C39H53N7O10/c40-17-27-30(47)31(48)29(43)38(53-27)55-33-25(41)16-26(42)34(32(33)49)56-39-37(52-21-24-14-8-3-9-15-24)36(51-20-23-12-6-2-7-13-23)35(28(54-39)18-45-46-44)50-19-22-10-4-1-5-11-22/h1-15,25-39,47-49H,16-21,40-43H2/t25-,26+,27+,28+,29+,30+,31+,32-,33+,34-,35+,36-,37+,38+,39+/m0/s1. The molecular formula is C39H53N7O10. The molecule has 2 heterocycles. The van der Waals surface area contributed by atoms with Gasteiger partial charge >= 0.3 is 0 Å². The number of hydrogen-bond donors (Lipinski definition) is 7. The number of nitrogens with zero attached hydrogens (tertiary/aromatic N) is 3. The van der Waals surface area contributed by atoms with Gasteiger partial charge in [0.2, 0.25) is 0 Å². The van der Waals surface area contributed by atoms with Crippen molar-refractivity contribution in [1.82, 2.24) is 0 Å². The van der Waals surface area contributed by atoms with E-state index in [1.165, 1.54) is 0 Å². The molecule has 0 radical (unpaired) electrons. The lowest BCUT2D eigenvalue weighted by atomic mass is 9.84. The van der Waals surface area contributed by atoms with E-state index in [2.05, 4.69) is 10.0 Å². The zero-order chi connectivity index (χ0) is 39.6. The van der Waals surface area contributed by atoms with Gasteiger partial charge in [0.05, 0.1) is 38.5 Å². The second kappa shape index (κ2) is 20.2. The maximum absolute atomic E-state index is 11.9. The van der Waals surface area contributed by atoms with Crippen LogP contribution >= 0.6 is 0 Å². The molecule has 2 aliphatic heterocycles. The summed E-state index contributed by atoms with van der Waals surface area (Å²) in [4.78, 5) is 2.99. The maximum atomic E-state index is 11.9. The Balaban J connectivity index is 1.31. The van der Waals surface area contributed by atoms with E-state index < -0.39 is 91.7 Å². The Labute approximate surface area is 325 Å². The van der Waals surface area contributed by atoms with Crippen molar-refractivity contribution in [3.63, 3.8) is 0 Å². The van der Waals surface area contributed by atoms with Gasteiger partial charge in [-0.1, -0.05) is 96.1 Å². The van der Waals surface area contributed by atoms with Crippen LogP contribution in [0.5, 0.6) is 0 Å². The number of aliphatic hydroxyl groups excluding tert-OH is 3. The van der Waals surface area contributed by atoms with Crippen molar-refractivity contribution in [2.24, 2.45) is 28.0 Å². The molecule has 304 valence electrons. The minimum absolute atomic E-state index is 0.120. The van der Waals surface area contributed by atoms with Gasteiger partial charge in [-0.3, -0.25) is 0 Å². The number of benzene rings is 3. The first kappa shape index (κ1) is 42.0. The van der Waals surface area contributed by atoms with E-state index in [9.17, 15) is 20.9 Å². The van der Waals surface area contributed by atoms with Crippen LogP contribution < -0.4 is 22.9 Å². The van der Waals surface area contributed by atoms with Gasteiger partial charge in [0.1, 0.15) is 54.9 Å². The van der Waals surface area contributed by atoms with Gasteiger partial charge in [-0.15, -0.1) is 0 Å². The highest BCUT2D eigenvalue weighted by Gasteiger charge is 2.53. The zero-order valence-corrected chi connectivity index (χ0v) is 30.9. The van der Waals surface area contributed by atoms with Gasteiger partial charge in [0.15, 0.2) is 12.6 Å². The van der Waals surface area contributed by atoms with Crippen LogP contribution in [0.2, 0.25) is 0 Å². The van der Waals surface area contributed by atoms with E-state index in [-0.39, 0.29) is 39.3 Å². The summed E-state index contributed by atoms with van der Waals surface area (Å²) in [7, 11) is 0. The summed E-state index contributed by atoms with van der Waals surface area (Å²) in [5.41, 5.74) is 37.1. The van der Waals surface area contributed by atoms with Crippen LogP contribution in [0.1, 0.15) is 23.1 Å². The largest absolute Gasteiger partial charge is 0.388 e. The van der Waals surface area contributed by atoms with E-state index in [0.29, 0.717) is 0 Å². The molecule has 3 fully saturated rings. The fourth-order valence-corrected chi connectivity index (χ4v) is 7.34. The van der Waals surface area contributed by atoms with Crippen LogP contribution in [-0.2, 0) is 53.0 Å². The average molecular weight is 780 g/mol. The Morgan fingerprint density at radius 3 is 1.57 bits per heavy atom. The van der Waals surface area contributed by atoms with E-state index in [1.807, 2.05) is 91.0 Å². The number of ether oxygens (including phenoxy) is 7. The molecule has 1 aliphatic carbocycles. The van der Waals surface area contributed by atoms with Crippen molar-refractivity contribution in [2.45, 2.75) is 118 Å². The van der Waals surface area contributed by atoms with Gasteiger partial charge in [-0.05, 0) is 28.6 Å². The van der Waals surface area contributed by atoms with Crippen LogP contribution in [0.25, 0.3) is 10.4 Å². The molecule has 2 saturated heterocycles. The predicted octanol–water partition coefficient (Wildman–Crippen LogP) is 0.700. The summed E-state index contributed by atoms with van der Waals surface area (Å²) in [6.07, 6.45) is -13.4. The average Bonchev–Trinajstić information content (AvgIpc) is 3.22. The first-order chi connectivity index (χ1) is 27.2. The third-order valence-corrected chi connectivity index (χ3v) is 10.4. The lowest BCUT2D eigenvalue weighted by Crippen LogP contribution is -2.69. The number of azide groups is 1. The number of aliphatic hydroxyl groups is 3. The van der Waals surface area contributed by atoms with Crippen LogP contribution in [-0.4, -0.2) is 120 Å². The molecule has 0 unspecified atom stereocenters. The molecule has 6 rings (SSSR count). The highest BCUT2D eigenvalue weighted by Crippen LogP contribution is 2.35. The van der Waals surface area contributed by atoms with Crippen molar-refractivity contribution < 1.29 is 48.5 Å². The van der Waals surface area contributed by atoms with Crippen LogP contribution in [0.15, 0.2) is 96.1 Å². The molecule has 1 saturated carbocycles. The topological polar surface area (TPSA) is 278 Å². The van der Waals surface area contributed by atoms with E-state index in [1.54, 1.807) is 0 Å². The second-order valence-electron chi connectivity index (χ2n) is 14.3. The van der Waals surface area contributed by atoms with Crippen molar-refractivity contribution >= 4 is 0 Å². The molecule has 0 spiro atoms. The minimum atomic E-state index is -1.46. The molecule has 15 atom stereocenters. The first-order valence-corrected chi connectivity index (χ1v) is 18.8. The molecule has 17 nitrogen and oxygen atoms in total. The van der Waals surface area contributed by atoms with Crippen LogP contribution in [0, 0.1) is 0 Å². The predicted molar refractivity (Wildman–Crippen MR) is 202 cm³/mol. The molecule has 56 heavy (non-hydrogen) atoms. The van der Waals surface area contributed by atoms with Gasteiger partial charge in [-0.25, -0.2) is 0 Å². The monoisotopic (exact) mass is 779 g/mol. The fraction of sp³-hybridized carbons (Fsp3) is 0.538. The SMILES string of the molecule is [N-]=[N+]=NC[C@H]1O[C@H](O[C@@H]2[C@@H](O)[C@H](O[C@H]3O[C@H](CN)[C@@H](O)[C@H](O)[C@H]3N)[C@@H](N)C[C@H]2N)[C@H](OCc2ccccc2)[C@@H](OCc2ccccc2)[C@@H]1OCc1ccccc1. The molecule has 0 bridgehead atoms. The van der Waals surface area contributed by atoms with Crippen molar-refractivity contribution in [1.29, 1.82) is 0 Å². The summed E-state index contributed by atoms with van der Waals surface area (Å²) in [6.45, 7) is 0.232. The van der Waals surface area contributed by atoms with Gasteiger partial charge in [0, 0.05) is 23.5 Å².